The average molecular weight is 461 g/mol. The number of aryl methyl sites for hydroxylation is 2. The van der Waals surface area contributed by atoms with E-state index in [1.807, 2.05) is 30.3 Å². The number of aliphatic imine (C=N–C) groups is 1. The Morgan fingerprint density at radius 2 is 1.35 bits per heavy atom. The Morgan fingerprint density at radius 3 is 1.92 bits per heavy atom. The first-order valence-corrected chi connectivity index (χ1v) is 8.78. The van der Waals surface area contributed by atoms with Gasteiger partial charge in [-0.3, -0.25) is 0 Å². The molecule has 2 heterocycles. The molecule has 1 saturated heterocycles. The molecule has 0 radical (unpaired) electrons. The predicted molar refractivity (Wildman–Crippen MR) is 117 cm³/mol. The molecule has 5 nitrogen and oxygen atoms in total. The number of rotatable bonds is 1. The smallest absolute Gasteiger partial charge is 0.229 e. The lowest BCUT2D eigenvalue weighted by molar-refractivity contribution is 0.510. The van der Waals surface area contributed by atoms with Crippen molar-refractivity contribution < 1.29 is 0 Å². The molecule has 0 spiro atoms. The van der Waals surface area contributed by atoms with Gasteiger partial charge in [-0.05, 0) is 37.1 Å². The second kappa shape index (κ2) is 8.07. The molecule has 0 bridgehead atoms. The molecule has 1 fully saturated rings. The number of aromatic nitrogens is 2. The Labute approximate surface area is 170 Å². The SMILES string of the molecule is Cn1c(=NC(=Nc2ccccc2)N2CCCC2)n(C)c2ccccc21.I. The van der Waals surface area contributed by atoms with Crippen LogP contribution >= 0.6 is 24.0 Å². The molecule has 26 heavy (non-hydrogen) atoms. The van der Waals surface area contributed by atoms with Gasteiger partial charge >= 0.3 is 0 Å². The van der Waals surface area contributed by atoms with Crippen LogP contribution in [-0.4, -0.2) is 33.1 Å². The van der Waals surface area contributed by atoms with E-state index >= 15 is 0 Å². The average Bonchev–Trinajstić information content (AvgIpc) is 3.26. The number of para-hydroxylation sites is 3. The van der Waals surface area contributed by atoms with Gasteiger partial charge in [0.2, 0.25) is 11.6 Å². The van der Waals surface area contributed by atoms with Crippen LogP contribution in [0.25, 0.3) is 11.0 Å². The number of fused-ring (bicyclic) bond motifs is 1. The first kappa shape index (κ1) is 18.7. The summed E-state index contributed by atoms with van der Waals surface area (Å²) in [5.41, 5.74) is 4.19. The lowest BCUT2D eigenvalue weighted by Crippen LogP contribution is -2.31. The van der Waals surface area contributed by atoms with E-state index in [0.29, 0.717) is 0 Å². The Hall–Kier alpha value is -2.09. The minimum Gasteiger partial charge on any atom is -0.341 e. The third kappa shape index (κ3) is 3.56. The molecule has 0 aliphatic carbocycles. The Kier molecular flexibility index (Phi) is 5.80. The summed E-state index contributed by atoms with van der Waals surface area (Å²) in [4.78, 5) is 12.1. The van der Waals surface area contributed by atoms with Crippen LogP contribution < -0.4 is 5.62 Å². The van der Waals surface area contributed by atoms with Gasteiger partial charge in [0.1, 0.15) is 0 Å². The summed E-state index contributed by atoms with van der Waals surface area (Å²) in [6.07, 6.45) is 2.40. The molecule has 0 amide bonds. The number of imidazole rings is 1. The van der Waals surface area contributed by atoms with Crippen molar-refractivity contribution >= 4 is 46.7 Å². The van der Waals surface area contributed by atoms with Gasteiger partial charge in [0.25, 0.3) is 0 Å². The van der Waals surface area contributed by atoms with E-state index < -0.39 is 0 Å². The number of hydrogen-bond acceptors (Lipinski definition) is 1. The van der Waals surface area contributed by atoms with Gasteiger partial charge in [0.05, 0.1) is 16.7 Å². The van der Waals surface area contributed by atoms with Gasteiger partial charge in [-0.15, -0.1) is 24.0 Å². The van der Waals surface area contributed by atoms with E-state index in [1.165, 1.54) is 23.9 Å². The van der Waals surface area contributed by atoms with Gasteiger partial charge in [0.15, 0.2) is 0 Å². The summed E-state index contributed by atoms with van der Waals surface area (Å²) in [7, 11) is 4.12. The van der Waals surface area contributed by atoms with Crippen LogP contribution in [0.15, 0.2) is 64.6 Å². The fourth-order valence-electron chi connectivity index (χ4n) is 3.41. The van der Waals surface area contributed by atoms with Crippen molar-refractivity contribution in [2.24, 2.45) is 24.1 Å². The Bertz CT molecular complexity index is 936. The van der Waals surface area contributed by atoms with Gasteiger partial charge in [0, 0.05) is 27.2 Å². The summed E-state index contributed by atoms with van der Waals surface area (Å²) >= 11 is 0. The molecule has 1 aromatic heterocycles. The standard InChI is InChI=1S/C20H23N5.HI/c1-23-17-12-6-7-13-18(17)24(2)20(23)22-19(25-14-8-9-15-25)21-16-10-4-3-5-11-16;/h3-7,10-13H,8-9,14-15H2,1-2H3;1H. The lowest BCUT2D eigenvalue weighted by Gasteiger charge is -2.16. The maximum atomic E-state index is 4.97. The lowest BCUT2D eigenvalue weighted by atomic mass is 10.3. The summed E-state index contributed by atoms with van der Waals surface area (Å²) < 4.78 is 4.26. The van der Waals surface area contributed by atoms with Crippen molar-refractivity contribution in [2.45, 2.75) is 12.8 Å². The Morgan fingerprint density at radius 1 is 0.808 bits per heavy atom. The van der Waals surface area contributed by atoms with Crippen LogP contribution in [0, 0.1) is 0 Å². The quantitative estimate of drug-likeness (QED) is 0.309. The number of nitrogens with zero attached hydrogens (tertiary/aromatic N) is 5. The van der Waals surface area contributed by atoms with E-state index in [9.17, 15) is 0 Å². The van der Waals surface area contributed by atoms with E-state index in [4.69, 9.17) is 9.98 Å². The van der Waals surface area contributed by atoms with Crippen LogP contribution in [0.3, 0.4) is 0 Å². The van der Waals surface area contributed by atoms with E-state index in [0.717, 1.165) is 30.4 Å². The number of hydrogen-bond donors (Lipinski definition) is 0. The zero-order valence-corrected chi connectivity index (χ0v) is 17.5. The number of likely N-dealkylation sites (tertiary alicyclic amines) is 1. The molecule has 0 unspecified atom stereocenters. The largest absolute Gasteiger partial charge is 0.341 e. The van der Waals surface area contributed by atoms with Crippen LogP contribution in [0.2, 0.25) is 0 Å². The summed E-state index contributed by atoms with van der Waals surface area (Å²) in [6.45, 7) is 2.03. The highest BCUT2D eigenvalue weighted by Crippen LogP contribution is 2.16. The van der Waals surface area contributed by atoms with Gasteiger partial charge < -0.3 is 14.0 Å². The van der Waals surface area contributed by atoms with Crippen LogP contribution in [-0.2, 0) is 14.1 Å². The summed E-state index contributed by atoms with van der Waals surface area (Å²) in [5, 5.41) is 0. The molecular weight excluding hydrogens is 437 g/mol. The summed E-state index contributed by atoms with van der Waals surface area (Å²) in [5.74, 6) is 0.796. The Balaban J connectivity index is 0.00000196. The van der Waals surface area contributed by atoms with Gasteiger partial charge in [-0.25, -0.2) is 4.99 Å². The third-order valence-electron chi connectivity index (χ3n) is 4.78. The zero-order valence-electron chi connectivity index (χ0n) is 15.2. The van der Waals surface area contributed by atoms with Crippen LogP contribution in [0.1, 0.15) is 12.8 Å². The molecule has 0 saturated carbocycles. The fraction of sp³-hybridized carbons (Fsp3) is 0.300. The first-order valence-electron chi connectivity index (χ1n) is 8.78. The van der Waals surface area contributed by atoms with Crippen LogP contribution in [0.4, 0.5) is 5.69 Å². The molecule has 0 N–H and O–H groups in total. The zero-order chi connectivity index (χ0) is 17.2. The topological polar surface area (TPSA) is 37.8 Å². The van der Waals surface area contributed by atoms with Crippen molar-refractivity contribution in [3.05, 3.63) is 60.2 Å². The van der Waals surface area contributed by atoms with Crippen molar-refractivity contribution in [3.8, 4) is 0 Å². The molecule has 0 atom stereocenters. The normalized spacial score (nSPS) is 14.5. The molecule has 136 valence electrons. The van der Waals surface area contributed by atoms with Crippen molar-refractivity contribution in [1.82, 2.24) is 14.0 Å². The number of benzene rings is 2. The second-order valence-electron chi connectivity index (χ2n) is 6.46. The molecule has 3 aromatic rings. The van der Waals surface area contributed by atoms with Crippen molar-refractivity contribution in [1.29, 1.82) is 0 Å². The number of guanidine groups is 1. The highest BCUT2D eigenvalue weighted by molar-refractivity contribution is 14.0. The summed E-state index contributed by atoms with van der Waals surface area (Å²) in [6, 6.07) is 18.4. The number of halogens is 1. The first-order chi connectivity index (χ1) is 12.2. The van der Waals surface area contributed by atoms with E-state index in [-0.39, 0.29) is 24.0 Å². The van der Waals surface area contributed by atoms with Gasteiger partial charge in [-0.1, -0.05) is 30.3 Å². The molecule has 4 rings (SSSR count). The molecule has 6 heteroatoms. The van der Waals surface area contributed by atoms with Crippen LogP contribution in [0.5, 0.6) is 0 Å². The highest BCUT2D eigenvalue weighted by atomic mass is 127. The van der Waals surface area contributed by atoms with E-state index in [2.05, 4.69) is 52.4 Å². The van der Waals surface area contributed by atoms with Gasteiger partial charge in [-0.2, -0.15) is 4.99 Å². The molecular formula is C20H24IN5. The van der Waals surface area contributed by atoms with Crippen molar-refractivity contribution in [2.75, 3.05) is 13.1 Å². The van der Waals surface area contributed by atoms with E-state index in [1.54, 1.807) is 0 Å². The minimum atomic E-state index is 0. The highest BCUT2D eigenvalue weighted by Gasteiger charge is 2.17. The molecule has 1 aliphatic rings. The maximum Gasteiger partial charge on any atom is 0.229 e. The fourth-order valence-corrected chi connectivity index (χ4v) is 3.41. The maximum absolute atomic E-state index is 4.97. The molecule has 1 aliphatic heterocycles. The molecule has 2 aromatic carbocycles. The third-order valence-corrected chi connectivity index (χ3v) is 4.78. The second-order valence-corrected chi connectivity index (χ2v) is 6.46. The minimum absolute atomic E-state index is 0. The van der Waals surface area contributed by atoms with Crippen molar-refractivity contribution in [3.63, 3.8) is 0 Å². The predicted octanol–water partition coefficient (Wildman–Crippen LogP) is 3.82. The monoisotopic (exact) mass is 461 g/mol.